The molecule has 0 bridgehead atoms. The van der Waals surface area contributed by atoms with E-state index in [0.29, 0.717) is 35.4 Å². The lowest BCUT2D eigenvalue weighted by molar-refractivity contribution is -0.121. The molecule has 0 saturated heterocycles. The number of imide groups is 2. The first-order chi connectivity index (χ1) is 18.7. The van der Waals surface area contributed by atoms with Crippen LogP contribution in [0.5, 0.6) is 0 Å². The second kappa shape index (κ2) is 10.3. The van der Waals surface area contributed by atoms with Gasteiger partial charge in [-0.3, -0.25) is 24.0 Å². The van der Waals surface area contributed by atoms with Gasteiger partial charge in [0.25, 0.3) is 23.6 Å². The Bertz CT molecular complexity index is 1580. The molecule has 2 aliphatic heterocycles. The van der Waals surface area contributed by atoms with Gasteiger partial charge in [-0.25, -0.2) is 9.80 Å². The molecule has 7 nitrogen and oxygen atoms in total. The maximum atomic E-state index is 12.9. The summed E-state index contributed by atoms with van der Waals surface area (Å²) in [6, 6.07) is 20.3. The molecule has 5 rings (SSSR count). The number of nitrogens with zero attached hydrogens (tertiary/aromatic N) is 2. The third-order valence-electron chi connectivity index (χ3n) is 6.70. The van der Waals surface area contributed by atoms with E-state index in [9.17, 15) is 24.0 Å². The number of Topliss-reactive ketones (excluding diaryl/α,β-unsaturated/α-hetero) is 1. The van der Waals surface area contributed by atoms with Crippen molar-refractivity contribution in [3.05, 3.63) is 120 Å². The maximum Gasteiger partial charge on any atom is 0.258 e. The summed E-state index contributed by atoms with van der Waals surface area (Å²) in [5, 5.41) is 0. The van der Waals surface area contributed by atoms with Crippen LogP contribution < -0.4 is 9.80 Å². The van der Waals surface area contributed by atoms with E-state index in [-0.39, 0.29) is 17.6 Å². The van der Waals surface area contributed by atoms with Crippen LogP contribution in [-0.2, 0) is 32.0 Å². The van der Waals surface area contributed by atoms with E-state index >= 15 is 0 Å². The van der Waals surface area contributed by atoms with Gasteiger partial charge >= 0.3 is 0 Å². The summed E-state index contributed by atoms with van der Waals surface area (Å²) in [5.74, 6) is -1.81. The van der Waals surface area contributed by atoms with Gasteiger partial charge < -0.3 is 0 Å². The highest BCUT2D eigenvalue weighted by Gasteiger charge is 2.27. The lowest BCUT2D eigenvalue weighted by atomic mass is 9.94. The molecule has 192 valence electrons. The fourth-order valence-electron chi connectivity index (χ4n) is 4.62. The van der Waals surface area contributed by atoms with Gasteiger partial charge in [-0.15, -0.1) is 0 Å². The van der Waals surface area contributed by atoms with Crippen LogP contribution >= 0.6 is 0 Å². The first-order valence-corrected chi connectivity index (χ1v) is 12.4. The minimum atomic E-state index is -0.439. The summed E-state index contributed by atoms with van der Waals surface area (Å²) >= 11 is 0. The summed E-state index contributed by atoms with van der Waals surface area (Å²) in [7, 11) is 0. The van der Waals surface area contributed by atoms with Gasteiger partial charge in [0.2, 0.25) is 0 Å². The van der Waals surface area contributed by atoms with Crippen molar-refractivity contribution >= 4 is 40.8 Å². The zero-order valence-electron chi connectivity index (χ0n) is 21.2. The van der Waals surface area contributed by atoms with Crippen LogP contribution in [0.15, 0.2) is 103 Å². The number of hydrogen-bond donors (Lipinski definition) is 0. The molecule has 7 heteroatoms. The smallest absolute Gasteiger partial charge is 0.258 e. The molecular formula is C32H24N2O5. The lowest BCUT2D eigenvalue weighted by Gasteiger charge is -2.17. The van der Waals surface area contributed by atoms with E-state index in [1.807, 2.05) is 36.4 Å². The summed E-state index contributed by atoms with van der Waals surface area (Å²) in [6.45, 7) is 5.41. The number of anilines is 2. The topological polar surface area (TPSA) is 91.8 Å². The molecule has 0 aliphatic carbocycles. The Morgan fingerprint density at radius 2 is 1.10 bits per heavy atom. The van der Waals surface area contributed by atoms with Crippen molar-refractivity contribution in [1.82, 2.24) is 0 Å². The third kappa shape index (κ3) is 5.02. The van der Waals surface area contributed by atoms with E-state index < -0.39 is 11.8 Å². The fourth-order valence-corrected chi connectivity index (χ4v) is 4.62. The SMILES string of the molecule is C=C(C)C(=O)c1cc(N2C(=O)C=CC2=O)ccc1CCc1ccc(-c2ccc(N3C(=O)C=CC3=O)cc2)cc1. The van der Waals surface area contributed by atoms with E-state index in [0.717, 1.165) is 32.1 Å². The van der Waals surface area contributed by atoms with E-state index in [1.165, 1.54) is 24.3 Å². The Hall–Kier alpha value is -5.17. The Labute approximate surface area is 225 Å². The minimum absolute atomic E-state index is 0.231. The van der Waals surface area contributed by atoms with Gasteiger partial charge in [-0.05, 0) is 71.9 Å². The highest BCUT2D eigenvalue weighted by molar-refractivity contribution is 6.29. The predicted molar refractivity (Wildman–Crippen MR) is 148 cm³/mol. The number of carbonyl (C=O) groups excluding carboxylic acids is 5. The lowest BCUT2D eigenvalue weighted by Crippen LogP contribution is -2.29. The molecule has 0 saturated carbocycles. The zero-order chi connectivity index (χ0) is 27.7. The quantitative estimate of drug-likeness (QED) is 0.245. The summed E-state index contributed by atoms with van der Waals surface area (Å²) < 4.78 is 0. The first-order valence-electron chi connectivity index (χ1n) is 12.4. The number of benzene rings is 3. The molecule has 39 heavy (non-hydrogen) atoms. The molecule has 2 aliphatic rings. The average Bonchev–Trinajstić information content (AvgIpc) is 3.46. The second-order valence-corrected chi connectivity index (χ2v) is 9.39. The van der Waals surface area contributed by atoms with E-state index in [1.54, 1.807) is 37.3 Å². The highest BCUT2D eigenvalue weighted by atomic mass is 16.2. The molecule has 0 aromatic heterocycles. The molecule has 0 unspecified atom stereocenters. The van der Waals surface area contributed by atoms with Crippen molar-refractivity contribution in [2.75, 3.05) is 9.80 Å². The van der Waals surface area contributed by atoms with Crippen molar-refractivity contribution in [3.8, 4) is 11.1 Å². The van der Waals surface area contributed by atoms with Crippen LogP contribution in [0.3, 0.4) is 0 Å². The van der Waals surface area contributed by atoms with Crippen LogP contribution in [0.25, 0.3) is 11.1 Å². The molecular weight excluding hydrogens is 492 g/mol. The maximum absolute atomic E-state index is 12.9. The molecule has 0 N–H and O–H groups in total. The normalized spacial score (nSPS) is 14.6. The largest absolute Gasteiger partial charge is 0.289 e. The average molecular weight is 517 g/mol. The van der Waals surface area contributed by atoms with Crippen LogP contribution in [0.4, 0.5) is 11.4 Å². The summed E-state index contributed by atoms with van der Waals surface area (Å²) in [6.07, 6.45) is 6.18. The Kier molecular flexibility index (Phi) is 6.73. The minimum Gasteiger partial charge on any atom is -0.289 e. The number of hydrogen-bond acceptors (Lipinski definition) is 5. The summed E-state index contributed by atoms with van der Waals surface area (Å²) in [4.78, 5) is 63.1. The standard InChI is InChI=1S/C32H24N2O5/c1-20(2)32(39)27-19-26(34-30(37)17-18-31(34)38)14-11-24(27)8-5-21-3-6-22(7-4-21)23-9-12-25(13-10-23)33-28(35)15-16-29(33)36/h3-4,6-7,9-19H,1,5,8H2,2H3. The van der Waals surface area contributed by atoms with Crippen molar-refractivity contribution in [3.63, 3.8) is 0 Å². The molecule has 0 radical (unpaired) electrons. The number of carbonyl (C=O) groups is 5. The van der Waals surface area contributed by atoms with Crippen LogP contribution in [0.2, 0.25) is 0 Å². The number of amides is 4. The van der Waals surface area contributed by atoms with Crippen molar-refractivity contribution in [1.29, 1.82) is 0 Å². The van der Waals surface area contributed by atoms with Crippen LogP contribution in [0, 0.1) is 0 Å². The molecule has 3 aromatic rings. The Morgan fingerprint density at radius 1 is 0.641 bits per heavy atom. The van der Waals surface area contributed by atoms with Crippen molar-refractivity contribution < 1.29 is 24.0 Å². The zero-order valence-corrected chi connectivity index (χ0v) is 21.2. The van der Waals surface area contributed by atoms with E-state index in [2.05, 4.69) is 6.58 Å². The molecule has 0 fully saturated rings. The summed E-state index contributed by atoms with van der Waals surface area (Å²) in [5.41, 5.74) is 5.48. The van der Waals surface area contributed by atoms with Crippen LogP contribution in [-0.4, -0.2) is 29.4 Å². The Morgan fingerprint density at radius 3 is 1.62 bits per heavy atom. The van der Waals surface area contributed by atoms with Crippen LogP contribution in [0.1, 0.15) is 28.4 Å². The van der Waals surface area contributed by atoms with Gasteiger partial charge in [0.15, 0.2) is 5.78 Å². The first kappa shape index (κ1) is 25.5. The number of allylic oxidation sites excluding steroid dienone is 1. The predicted octanol–water partition coefficient (Wildman–Crippen LogP) is 4.76. The van der Waals surface area contributed by atoms with Crippen molar-refractivity contribution in [2.45, 2.75) is 19.8 Å². The van der Waals surface area contributed by atoms with Gasteiger partial charge in [0.05, 0.1) is 11.4 Å². The molecule has 4 amide bonds. The number of aryl methyl sites for hydroxylation is 2. The van der Waals surface area contributed by atoms with Gasteiger partial charge in [0, 0.05) is 29.9 Å². The Balaban J connectivity index is 1.31. The molecule has 2 heterocycles. The molecule has 3 aromatic carbocycles. The third-order valence-corrected chi connectivity index (χ3v) is 6.70. The molecule has 0 atom stereocenters. The number of rotatable bonds is 8. The van der Waals surface area contributed by atoms with E-state index in [4.69, 9.17) is 0 Å². The fraction of sp³-hybridized carbons (Fsp3) is 0.0938. The van der Waals surface area contributed by atoms with Gasteiger partial charge in [-0.2, -0.15) is 0 Å². The highest BCUT2D eigenvalue weighted by Crippen LogP contribution is 2.27. The number of ketones is 1. The molecule has 0 spiro atoms. The van der Waals surface area contributed by atoms with Crippen molar-refractivity contribution in [2.24, 2.45) is 0 Å². The van der Waals surface area contributed by atoms with Gasteiger partial charge in [0.1, 0.15) is 0 Å². The second-order valence-electron chi connectivity index (χ2n) is 9.39. The van der Waals surface area contributed by atoms with Gasteiger partial charge in [-0.1, -0.05) is 49.0 Å². The monoisotopic (exact) mass is 516 g/mol.